The van der Waals surface area contributed by atoms with Crippen LogP contribution in [-0.4, -0.2) is 19.8 Å². The molecule has 2 atom stereocenters. The van der Waals surface area contributed by atoms with Crippen molar-refractivity contribution in [3.05, 3.63) is 29.8 Å². The Labute approximate surface area is 105 Å². The molecule has 1 fully saturated rings. The zero-order valence-electron chi connectivity index (χ0n) is 10.0. The van der Waals surface area contributed by atoms with Crippen LogP contribution in [0.25, 0.3) is 0 Å². The smallest absolute Gasteiger partial charge is 0.387 e. The molecule has 0 aliphatic carbocycles. The standard InChI is InChI=1S/C13H17F2NO2/c14-13(15)18-11-6-2-1-5-10(11)12(16)9-4-3-7-17-8-9/h1-2,5-6,9,12-13H,3-4,7-8,16H2. The predicted octanol–water partition coefficient (Wildman–Crippen LogP) is 2.71. The molecular weight excluding hydrogens is 240 g/mol. The Morgan fingerprint density at radius 1 is 1.33 bits per heavy atom. The summed E-state index contributed by atoms with van der Waals surface area (Å²) < 4.78 is 34.5. The van der Waals surface area contributed by atoms with Crippen molar-refractivity contribution < 1.29 is 18.3 Å². The van der Waals surface area contributed by atoms with Crippen LogP contribution in [0.15, 0.2) is 24.3 Å². The summed E-state index contributed by atoms with van der Waals surface area (Å²) in [6, 6.07) is 6.35. The van der Waals surface area contributed by atoms with E-state index in [1.807, 2.05) is 0 Å². The highest BCUT2D eigenvalue weighted by atomic mass is 19.3. The number of para-hydroxylation sites is 1. The van der Waals surface area contributed by atoms with Crippen molar-refractivity contribution in [2.24, 2.45) is 11.7 Å². The number of ether oxygens (including phenoxy) is 2. The SMILES string of the molecule is NC(c1ccccc1OC(F)F)C1CCCOC1. The van der Waals surface area contributed by atoms with Crippen LogP contribution >= 0.6 is 0 Å². The number of benzene rings is 1. The first kappa shape index (κ1) is 13.2. The highest BCUT2D eigenvalue weighted by Crippen LogP contribution is 2.32. The molecule has 1 aliphatic rings. The molecule has 1 heterocycles. The van der Waals surface area contributed by atoms with E-state index in [4.69, 9.17) is 10.5 Å². The lowest BCUT2D eigenvalue weighted by Crippen LogP contribution is -2.29. The number of hydrogen-bond donors (Lipinski definition) is 1. The van der Waals surface area contributed by atoms with Gasteiger partial charge in [-0.25, -0.2) is 0 Å². The minimum atomic E-state index is -2.83. The van der Waals surface area contributed by atoms with Crippen molar-refractivity contribution in [1.82, 2.24) is 0 Å². The Hall–Kier alpha value is -1.20. The van der Waals surface area contributed by atoms with Gasteiger partial charge in [0.15, 0.2) is 0 Å². The quantitative estimate of drug-likeness (QED) is 0.902. The van der Waals surface area contributed by atoms with Gasteiger partial charge in [-0.2, -0.15) is 8.78 Å². The molecule has 2 unspecified atom stereocenters. The largest absolute Gasteiger partial charge is 0.434 e. The number of alkyl halides is 2. The topological polar surface area (TPSA) is 44.5 Å². The van der Waals surface area contributed by atoms with Gasteiger partial charge in [-0.1, -0.05) is 18.2 Å². The van der Waals surface area contributed by atoms with E-state index in [9.17, 15) is 8.78 Å². The maximum Gasteiger partial charge on any atom is 0.387 e. The summed E-state index contributed by atoms with van der Waals surface area (Å²) in [5.74, 6) is 0.312. The van der Waals surface area contributed by atoms with E-state index in [-0.39, 0.29) is 17.7 Å². The Kier molecular flexibility index (Phi) is 4.49. The minimum absolute atomic E-state index is 0.154. The highest BCUT2D eigenvalue weighted by molar-refractivity contribution is 5.36. The van der Waals surface area contributed by atoms with Crippen LogP contribution in [0.2, 0.25) is 0 Å². The fraction of sp³-hybridized carbons (Fsp3) is 0.538. The Morgan fingerprint density at radius 2 is 2.11 bits per heavy atom. The summed E-state index contributed by atoms with van der Waals surface area (Å²) in [4.78, 5) is 0. The van der Waals surface area contributed by atoms with Crippen molar-refractivity contribution in [2.75, 3.05) is 13.2 Å². The van der Waals surface area contributed by atoms with Crippen molar-refractivity contribution in [3.8, 4) is 5.75 Å². The fourth-order valence-corrected chi connectivity index (χ4v) is 2.26. The normalized spacial score (nSPS) is 21.9. The predicted molar refractivity (Wildman–Crippen MR) is 63.5 cm³/mol. The molecule has 2 rings (SSSR count). The summed E-state index contributed by atoms with van der Waals surface area (Å²) in [6.45, 7) is -1.51. The Bertz CT molecular complexity index is 381. The second kappa shape index (κ2) is 6.11. The number of rotatable bonds is 4. The van der Waals surface area contributed by atoms with Gasteiger partial charge in [-0.05, 0) is 18.9 Å². The van der Waals surface area contributed by atoms with Crippen LogP contribution in [-0.2, 0) is 4.74 Å². The van der Waals surface area contributed by atoms with Gasteiger partial charge in [0.1, 0.15) is 5.75 Å². The summed E-state index contributed by atoms with van der Waals surface area (Å²) in [7, 11) is 0. The average Bonchev–Trinajstić information content (AvgIpc) is 2.39. The summed E-state index contributed by atoms with van der Waals surface area (Å²) in [5, 5.41) is 0. The number of hydrogen-bond acceptors (Lipinski definition) is 3. The highest BCUT2D eigenvalue weighted by Gasteiger charge is 2.25. The lowest BCUT2D eigenvalue weighted by molar-refractivity contribution is -0.0510. The van der Waals surface area contributed by atoms with Crippen LogP contribution in [0.3, 0.4) is 0 Å². The average molecular weight is 257 g/mol. The molecule has 1 saturated heterocycles. The van der Waals surface area contributed by atoms with Gasteiger partial charge in [-0.15, -0.1) is 0 Å². The first-order valence-corrected chi connectivity index (χ1v) is 6.05. The monoisotopic (exact) mass is 257 g/mol. The molecule has 18 heavy (non-hydrogen) atoms. The summed E-state index contributed by atoms with van der Waals surface area (Å²) in [5.41, 5.74) is 6.76. The van der Waals surface area contributed by atoms with Gasteiger partial charge in [-0.3, -0.25) is 0 Å². The molecule has 5 heteroatoms. The van der Waals surface area contributed by atoms with E-state index in [2.05, 4.69) is 4.74 Å². The van der Waals surface area contributed by atoms with Crippen LogP contribution in [0, 0.1) is 5.92 Å². The molecule has 0 amide bonds. The number of halogens is 2. The molecule has 1 aromatic rings. The molecule has 0 saturated carbocycles. The van der Waals surface area contributed by atoms with E-state index >= 15 is 0 Å². The van der Waals surface area contributed by atoms with Gasteiger partial charge in [0.2, 0.25) is 0 Å². The van der Waals surface area contributed by atoms with Gasteiger partial charge in [0, 0.05) is 24.1 Å². The number of nitrogens with two attached hydrogens (primary N) is 1. The van der Waals surface area contributed by atoms with Crippen LogP contribution in [0.1, 0.15) is 24.4 Å². The Morgan fingerprint density at radius 3 is 2.78 bits per heavy atom. The summed E-state index contributed by atoms with van der Waals surface area (Å²) >= 11 is 0. The maximum absolute atomic E-state index is 12.3. The third-order valence-electron chi connectivity index (χ3n) is 3.20. The van der Waals surface area contributed by atoms with Crippen molar-refractivity contribution in [1.29, 1.82) is 0 Å². The minimum Gasteiger partial charge on any atom is -0.434 e. The molecule has 1 aromatic carbocycles. The van der Waals surface area contributed by atoms with Crippen molar-refractivity contribution in [3.63, 3.8) is 0 Å². The second-order valence-electron chi connectivity index (χ2n) is 4.42. The lowest BCUT2D eigenvalue weighted by atomic mass is 9.89. The zero-order valence-corrected chi connectivity index (χ0v) is 10.0. The van der Waals surface area contributed by atoms with Crippen LogP contribution in [0.5, 0.6) is 5.75 Å². The molecule has 2 N–H and O–H groups in total. The lowest BCUT2D eigenvalue weighted by Gasteiger charge is -2.28. The maximum atomic E-state index is 12.3. The second-order valence-corrected chi connectivity index (χ2v) is 4.42. The molecule has 0 radical (unpaired) electrons. The Balaban J connectivity index is 2.15. The molecule has 1 aliphatic heterocycles. The first-order valence-electron chi connectivity index (χ1n) is 6.05. The van der Waals surface area contributed by atoms with Crippen LogP contribution < -0.4 is 10.5 Å². The molecule has 3 nitrogen and oxygen atoms in total. The van der Waals surface area contributed by atoms with Gasteiger partial charge in [0.05, 0.1) is 6.61 Å². The zero-order chi connectivity index (χ0) is 13.0. The van der Waals surface area contributed by atoms with Crippen LogP contribution in [0.4, 0.5) is 8.78 Å². The van der Waals surface area contributed by atoms with Gasteiger partial charge < -0.3 is 15.2 Å². The van der Waals surface area contributed by atoms with Crippen molar-refractivity contribution >= 4 is 0 Å². The van der Waals surface area contributed by atoms with Crippen molar-refractivity contribution in [2.45, 2.75) is 25.5 Å². The van der Waals surface area contributed by atoms with E-state index in [1.54, 1.807) is 18.2 Å². The van der Waals surface area contributed by atoms with Gasteiger partial charge in [0.25, 0.3) is 0 Å². The molecule has 0 spiro atoms. The van der Waals surface area contributed by atoms with Gasteiger partial charge >= 0.3 is 6.61 Å². The molecule has 0 aromatic heterocycles. The van der Waals surface area contributed by atoms with E-state index < -0.39 is 6.61 Å². The molecule has 0 bridgehead atoms. The molecular formula is C13H17F2NO2. The molecule has 100 valence electrons. The van der Waals surface area contributed by atoms with E-state index in [1.165, 1.54) is 6.07 Å². The fourth-order valence-electron chi connectivity index (χ4n) is 2.26. The summed E-state index contributed by atoms with van der Waals surface area (Å²) in [6.07, 6.45) is 1.90. The van der Waals surface area contributed by atoms with E-state index in [0.29, 0.717) is 12.2 Å². The van der Waals surface area contributed by atoms with E-state index in [0.717, 1.165) is 19.4 Å². The third kappa shape index (κ3) is 3.17. The first-order chi connectivity index (χ1) is 8.68. The third-order valence-corrected chi connectivity index (χ3v) is 3.20.